The van der Waals surface area contributed by atoms with Crippen molar-refractivity contribution in [1.82, 2.24) is 10.2 Å². The second-order valence-corrected chi connectivity index (χ2v) is 9.92. The minimum Gasteiger partial charge on any atom is -0.378 e. The van der Waals surface area contributed by atoms with Gasteiger partial charge in [-0.1, -0.05) is 59.9 Å². The molecule has 1 amide bonds. The molecule has 0 spiro atoms. The molecule has 0 aliphatic rings. The molecule has 1 heterocycles. The molecule has 4 aromatic rings. The molecule has 1 N–H and O–H groups in total. The van der Waals surface area contributed by atoms with E-state index in [1.165, 1.54) is 35.6 Å². The zero-order valence-electron chi connectivity index (χ0n) is 18.5. The van der Waals surface area contributed by atoms with Gasteiger partial charge in [-0.3, -0.25) is 10.1 Å². The van der Waals surface area contributed by atoms with Crippen molar-refractivity contribution in [2.75, 3.05) is 5.32 Å². The van der Waals surface area contributed by atoms with Crippen LogP contribution in [0.4, 0.5) is 9.52 Å². The molecule has 0 radical (unpaired) electrons. The van der Waals surface area contributed by atoms with Crippen LogP contribution in [-0.2, 0) is 21.3 Å². The number of para-hydroxylation sites is 1. The molecular weight excluding hydrogens is 503 g/mol. The number of carbonyl (C=O) groups is 1. The van der Waals surface area contributed by atoms with Gasteiger partial charge in [-0.15, -0.1) is 10.2 Å². The van der Waals surface area contributed by atoms with Gasteiger partial charge < -0.3 is 4.18 Å². The van der Waals surface area contributed by atoms with E-state index in [1.807, 2.05) is 30.3 Å². The van der Waals surface area contributed by atoms with Gasteiger partial charge in [0.1, 0.15) is 33.1 Å². The quantitative estimate of drug-likeness (QED) is 0.205. The lowest BCUT2D eigenvalue weighted by Gasteiger charge is -2.10. The fraction of sp³-hybridized carbons (Fsp3) is 0.0400. The molecule has 4 rings (SSSR count). The van der Waals surface area contributed by atoms with Crippen LogP contribution in [-0.4, -0.2) is 24.5 Å². The summed E-state index contributed by atoms with van der Waals surface area (Å²) in [6.07, 6.45) is 1.75. The third-order valence-electron chi connectivity index (χ3n) is 4.77. The molecule has 3 aromatic carbocycles. The maximum Gasteiger partial charge on any atom is 0.339 e. The van der Waals surface area contributed by atoms with Crippen molar-refractivity contribution in [3.8, 4) is 11.8 Å². The Morgan fingerprint density at radius 1 is 1.03 bits per heavy atom. The number of benzene rings is 3. The van der Waals surface area contributed by atoms with E-state index in [0.717, 1.165) is 29.8 Å². The van der Waals surface area contributed by atoms with Crippen molar-refractivity contribution < 1.29 is 21.8 Å². The van der Waals surface area contributed by atoms with Crippen LogP contribution in [0.5, 0.6) is 5.75 Å². The van der Waals surface area contributed by atoms with E-state index in [1.54, 1.807) is 12.1 Å². The summed E-state index contributed by atoms with van der Waals surface area (Å²) in [6, 6.07) is 21.6. The summed E-state index contributed by atoms with van der Waals surface area (Å²) in [6.45, 7) is 0. The number of carbonyl (C=O) groups excluding carboxylic acids is 1. The van der Waals surface area contributed by atoms with Crippen LogP contribution in [0.25, 0.3) is 6.08 Å². The van der Waals surface area contributed by atoms with Gasteiger partial charge in [0.05, 0.1) is 0 Å². The standard InChI is InChI=1S/C25H17FN4O4S2/c26-20-10-12-21(13-11-20)36(32,33)34-22-9-5-4-8-18(22)15-19(16-27)24(31)28-25-30-29-23(35-25)14-17-6-2-1-3-7-17/h1-13,15H,14H2,(H,28,30,31)/b19-15+. The summed E-state index contributed by atoms with van der Waals surface area (Å²) in [7, 11) is -4.28. The number of nitrogens with zero attached hydrogens (tertiary/aromatic N) is 3. The first kappa shape index (κ1) is 24.7. The van der Waals surface area contributed by atoms with E-state index in [0.29, 0.717) is 11.4 Å². The fourth-order valence-corrected chi connectivity index (χ4v) is 4.78. The molecule has 0 saturated heterocycles. The number of nitrogens with one attached hydrogen (secondary N) is 1. The first-order chi connectivity index (χ1) is 17.3. The lowest BCUT2D eigenvalue weighted by Crippen LogP contribution is -2.14. The molecule has 180 valence electrons. The second kappa shape index (κ2) is 10.9. The monoisotopic (exact) mass is 520 g/mol. The Kier molecular flexibility index (Phi) is 7.48. The summed E-state index contributed by atoms with van der Waals surface area (Å²) in [5.74, 6) is -1.44. The van der Waals surface area contributed by atoms with Crippen molar-refractivity contribution >= 4 is 38.6 Å². The van der Waals surface area contributed by atoms with Gasteiger partial charge >= 0.3 is 10.1 Å². The summed E-state index contributed by atoms with van der Waals surface area (Å²) in [5.41, 5.74) is 0.915. The molecule has 11 heteroatoms. The smallest absolute Gasteiger partial charge is 0.339 e. The molecule has 0 aliphatic carbocycles. The molecule has 0 unspecified atom stereocenters. The zero-order valence-corrected chi connectivity index (χ0v) is 20.1. The second-order valence-electron chi connectivity index (χ2n) is 7.32. The maximum absolute atomic E-state index is 13.2. The van der Waals surface area contributed by atoms with Crippen molar-refractivity contribution in [2.45, 2.75) is 11.3 Å². The third kappa shape index (κ3) is 6.18. The molecule has 0 bridgehead atoms. The average Bonchev–Trinajstić information content (AvgIpc) is 3.30. The normalized spacial score (nSPS) is 11.5. The Hall–Kier alpha value is -4.40. The highest BCUT2D eigenvalue weighted by atomic mass is 32.2. The van der Waals surface area contributed by atoms with Crippen molar-refractivity contribution in [3.63, 3.8) is 0 Å². The molecule has 0 aliphatic heterocycles. The highest BCUT2D eigenvalue weighted by Gasteiger charge is 2.19. The summed E-state index contributed by atoms with van der Waals surface area (Å²) < 4.78 is 43.6. The Morgan fingerprint density at radius 2 is 1.72 bits per heavy atom. The minimum absolute atomic E-state index is 0.108. The van der Waals surface area contributed by atoms with Crippen molar-refractivity contribution in [2.24, 2.45) is 0 Å². The van der Waals surface area contributed by atoms with E-state index >= 15 is 0 Å². The third-order valence-corrected chi connectivity index (χ3v) is 6.86. The van der Waals surface area contributed by atoms with Crippen LogP contribution in [0, 0.1) is 17.1 Å². The SMILES string of the molecule is N#C/C(=C\c1ccccc1OS(=O)(=O)c1ccc(F)cc1)C(=O)Nc1nnc(Cc2ccccc2)s1. The molecule has 1 aromatic heterocycles. The molecule has 36 heavy (non-hydrogen) atoms. The predicted molar refractivity (Wildman–Crippen MR) is 132 cm³/mol. The van der Waals surface area contributed by atoms with Crippen molar-refractivity contribution in [3.05, 3.63) is 106 Å². The summed E-state index contributed by atoms with van der Waals surface area (Å²) in [4.78, 5) is 12.5. The number of nitriles is 1. The number of anilines is 1. The molecule has 0 fully saturated rings. The maximum atomic E-state index is 13.2. The van der Waals surface area contributed by atoms with Crippen LogP contribution in [0.3, 0.4) is 0 Å². The lowest BCUT2D eigenvalue weighted by molar-refractivity contribution is -0.112. The first-order valence-corrected chi connectivity index (χ1v) is 12.6. The fourth-order valence-electron chi connectivity index (χ4n) is 3.06. The van der Waals surface area contributed by atoms with Gasteiger partial charge in [-0.05, 0) is 42.0 Å². The van der Waals surface area contributed by atoms with Crippen LogP contribution in [0.1, 0.15) is 16.1 Å². The number of hydrogen-bond donors (Lipinski definition) is 1. The number of rotatable bonds is 8. The summed E-state index contributed by atoms with van der Waals surface area (Å²) in [5, 5.41) is 21.0. The van der Waals surface area contributed by atoms with E-state index < -0.39 is 21.8 Å². The van der Waals surface area contributed by atoms with Gasteiger partial charge in [-0.25, -0.2) is 4.39 Å². The molecule has 0 saturated carbocycles. The van der Waals surface area contributed by atoms with Crippen LogP contribution in [0.15, 0.2) is 89.3 Å². The Bertz CT molecular complexity index is 1560. The van der Waals surface area contributed by atoms with Gasteiger partial charge in [0.15, 0.2) is 0 Å². The largest absolute Gasteiger partial charge is 0.378 e. The predicted octanol–water partition coefficient (Wildman–Crippen LogP) is 4.58. The van der Waals surface area contributed by atoms with E-state index in [9.17, 15) is 22.9 Å². The molecule has 8 nitrogen and oxygen atoms in total. The number of halogens is 1. The average molecular weight is 521 g/mol. The van der Waals surface area contributed by atoms with Crippen LogP contribution >= 0.6 is 11.3 Å². The Balaban J connectivity index is 1.51. The van der Waals surface area contributed by atoms with Crippen molar-refractivity contribution in [1.29, 1.82) is 5.26 Å². The van der Waals surface area contributed by atoms with Gasteiger partial charge in [0.2, 0.25) is 5.13 Å². The highest BCUT2D eigenvalue weighted by molar-refractivity contribution is 7.87. The van der Waals surface area contributed by atoms with Gasteiger partial charge in [-0.2, -0.15) is 13.7 Å². The Morgan fingerprint density at radius 3 is 2.44 bits per heavy atom. The number of hydrogen-bond acceptors (Lipinski definition) is 8. The first-order valence-electron chi connectivity index (χ1n) is 10.4. The van der Waals surface area contributed by atoms with E-state index in [2.05, 4.69) is 15.5 Å². The van der Waals surface area contributed by atoms with Gasteiger partial charge in [0, 0.05) is 12.0 Å². The highest BCUT2D eigenvalue weighted by Crippen LogP contribution is 2.26. The minimum atomic E-state index is -4.28. The number of aromatic nitrogens is 2. The van der Waals surface area contributed by atoms with Crippen LogP contribution < -0.4 is 9.50 Å². The number of amides is 1. The molecule has 0 atom stereocenters. The zero-order chi connectivity index (χ0) is 25.5. The van der Waals surface area contributed by atoms with Gasteiger partial charge in [0.25, 0.3) is 5.91 Å². The van der Waals surface area contributed by atoms with E-state index in [4.69, 9.17) is 4.18 Å². The van der Waals surface area contributed by atoms with Crippen LogP contribution in [0.2, 0.25) is 0 Å². The lowest BCUT2D eigenvalue weighted by atomic mass is 10.1. The molecular formula is C25H17FN4O4S2. The Labute approximate surface area is 210 Å². The van der Waals surface area contributed by atoms with E-state index in [-0.39, 0.29) is 26.9 Å². The topological polar surface area (TPSA) is 122 Å². The summed E-state index contributed by atoms with van der Waals surface area (Å²) >= 11 is 1.18.